The number of nitrogens with zero attached hydrogens (tertiary/aromatic N) is 3. The van der Waals surface area contributed by atoms with E-state index >= 15 is 0 Å². The van der Waals surface area contributed by atoms with Crippen molar-refractivity contribution in [2.75, 3.05) is 27.2 Å². The fourth-order valence-corrected chi connectivity index (χ4v) is 4.80. The Kier molecular flexibility index (Phi) is 6.59. The molecule has 1 aliphatic rings. The van der Waals surface area contributed by atoms with Crippen LogP contribution in [-0.2, 0) is 11.2 Å². The van der Waals surface area contributed by atoms with E-state index in [9.17, 15) is 9.59 Å². The van der Waals surface area contributed by atoms with E-state index in [1.54, 1.807) is 43.5 Å². The maximum absolute atomic E-state index is 13.4. The maximum atomic E-state index is 13.4. The zero-order valence-corrected chi connectivity index (χ0v) is 19.6. The van der Waals surface area contributed by atoms with Gasteiger partial charge in [-0.2, -0.15) is 0 Å². The molecule has 2 aromatic carbocycles. The molecule has 0 spiro atoms. The third-order valence-electron chi connectivity index (χ3n) is 6.53. The number of benzene rings is 2. The van der Waals surface area contributed by atoms with Gasteiger partial charge < -0.3 is 9.80 Å². The Labute approximate surface area is 196 Å². The number of amides is 2. The first-order valence-electron chi connectivity index (χ1n) is 11.4. The first kappa shape index (κ1) is 22.7. The Morgan fingerprint density at radius 1 is 0.939 bits per heavy atom. The topological polar surface area (TPSA) is 53.5 Å². The molecule has 0 aliphatic carbocycles. The molecule has 1 aliphatic heterocycles. The van der Waals surface area contributed by atoms with Crippen molar-refractivity contribution in [2.24, 2.45) is 5.41 Å². The van der Waals surface area contributed by atoms with Gasteiger partial charge in [-0.05, 0) is 55.0 Å². The van der Waals surface area contributed by atoms with Crippen LogP contribution in [-0.4, -0.2) is 53.8 Å². The number of rotatable bonds is 5. The van der Waals surface area contributed by atoms with Crippen LogP contribution in [0.25, 0.3) is 11.1 Å². The van der Waals surface area contributed by atoms with Crippen LogP contribution in [0.4, 0.5) is 0 Å². The van der Waals surface area contributed by atoms with Gasteiger partial charge in [0, 0.05) is 45.1 Å². The van der Waals surface area contributed by atoms with E-state index in [0.29, 0.717) is 25.1 Å². The lowest BCUT2D eigenvalue weighted by Gasteiger charge is -2.43. The summed E-state index contributed by atoms with van der Waals surface area (Å²) >= 11 is 0. The van der Waals surface area contributed by atoms with Gasteiger partial charge in [0.25, 0.3) is 5.91 Å². The number of pyridine rings is 1. The second kappa shape index (κ2) is 9.57. The highest BCUT2D eigenvalue weighted by Crippen LogP contribution is 2.36. The Morgan fingerprint density at radius 3 is 2.15 bits per heavy atom. The van der Waals surface area contributed by atoms with E-state index in [0.717, 1.165) is 24.0 Å². The van der Waals surface area contributed by atoms with E-state index in [-0.39, 0.29) is 11.8 Å². The molecule has 33 heavy (non-hydrogen) atoms. The average Bonchev–Trinajstić information content (AvgIpc) is 2.85. The number of hydrogen-bond donors (Lipinski definition) is 0. The Bertz CT molecular complexity index is 1110. The lowest BCUT2D eigenvalue weighted by atomic mass is 9.73. The number of aromatic nitrogens is 1. The summed E-state index contributed by atoms with van der Waals surface area (Å²) in [6.07, 6.45) is 5.44. The predicted octanol–water partition coefficient (Wildman–Crippen LogP) is 4.61. The largest absolute Gasteiger partial charge is 0.348 e. The molecule has 1 saturated heterocycles. The van der Waals surface area contributed by atoms with Gasteiger partial charge in [-0.3, -0.25) is 14.6 Å². The predicted molar refractivity (Wildman–Crippen MR) is 131 cm³/mol. The summed E-state index contributed by atoms with van der Waals surface area (Å²) in [6, 6.07) is 20.4. The van der Waals surface area contributed by atoms with Crippen LogP contribution < -0.4 is 0 Å². The first-order chi connectivity index (χ1) is 15.9. The fraction of sp³-hybridized carbons (Fsp3) is 0.321. The van der Waals surface area contributed by atoms with Crippen molar-refractivity contribution in [1.29, 1.82) is 0 Å². The second-order valence-electron chi connectivity index (χ2n) is 9.29. The van der Waals surface area contributed by atoms with Gasteiger partial charge in [-0.25, -0.2) is 0 Å². The summed E-state index contributed by atoms with van der Waals surface area (Å²) in [6.45, 7) is 3.17. The zero-order valence-electron chi connectivity index (χ0n) is 19.6. The summed E-state index contributed by atoms with van der Waals surface area (Å²) < 4.78 is 0. The van der Waals surface area contributed by atoms with Gasteiger partial charge >= 0.3 is 0 Å². The molecule has 3 aromatic rings. The molecule has 0 saturated carbocycles. The number of piperidine rings is 1. The zero-order chi connectivity index (χ0) is 23.4. The van der Waals surface area contributed by atoms with Crippen LogP contribution in [0.5, 0.6) is 0 Å². The highest BCUT2D eigenvalue weighted by Gasteiger charge is 2.44. The van der Waals surface area contributed by atoms with E-state index in [1.165, 1.54) is 11.1 Å². The molecule has 170 valence electrons. The van der Waals surface area contributed by atoms with Crippen molar-refractivity contribution in [2.45, 2.75) is 26.2 Å². The van der Waals surface area contributed by atoms with Gasteiger partial charge in [-0.1, -0.05) is 54.1 Å². The molecule has 2 amide bonds. The van der Waals surface area contributed by atoms with E-state index < -0.39 is 5.41 Å². The molecule has 0 N–H and O–H groups in total. The molecule has 1 fully saturated rings. The summed E-state index contributed by atoms with van der Waals surface area (Å²) in [5, 5.41) is 0. The van der Waals surface area contributed by atoms with Crippen LogP contribution >= 0.6 is 0 Å². The molecule has 0 radical (unpaired) electrons. The molecule has 1 atom stereocenters. The molecule has 1 aromatic heterocycles. The van der Waals surface area contributed by atoms with Crippen LogP contribution in [0.3, 0.4) is 0 Å². The summed E-state index contributed by atoms with van der Waals surface area (Å²) in [5.74, 6) is 0.0417. The van der Waals surface area contributed by atoms with Crippen molar-refractivity contribution in [3.05, 3.63) is 89.7 Å². The molecule has 0 bridgehead atoms. The highest BCUT2D eigenvalue weighted by molar-refractivity contribution is 5.95. The number of carbonyl (C=O) groups is 2. The van der Waals surface area contributed by atoms with Crippen LogP contribution in [0.2, 0.25) is 0 Å². The van der Waals surface area contributed by atoms with Gasteiger partial charge in [0.2, 0.25) is 5.91 Å². The number of likely N-dealkylation sites (tertiary alicyclic amines) is 1. The maximum Gasteiger partial charge on any atom is 0.253 e. The third-order valence-corrected chi connectivity index (χ3v) is 6.53. The lowest BCUT2D eigenvalue weighted by molar-refractivity contribution is -0.142. The molecule has 2 heterocycles. The van der Waals surface area contributed by atoms with Crippen LogP contribution in [0.1, 0.15) is 34.3 Å². The summed E-state index contributed by atoms with van der Waals surface area (Å²) in [5.41, 5.74) is 4.67. The smallest absolute Gasteiger partial charge is 0.253 e. The molecular weight excluding hydrogens is 410 g/mol. The van der Waals surface area contributed by atoms with Crippen LogP contribution in [0.15, 0.2) is 73.1 Å². The standard InChI is InChI=1S/C28H31N3O2/c1-21-5-9-23(10-6-21)24-11-7-22(8-12-24)19-28(27(33)30(2)3)15-4-18-31(20-28)26(32)25-13-16-29-17-14-25/h5-14,16-17H,4,15,18-20H2,1-3H3/t28-/m0/s1. The van der Waals surface area contributed by atoms with Crippen molar-refractivity contribution in [3.63, 3.8) is 0 Å². The molecule has 0 unspecified atom stereocenters. The van der Waals surface area contributed by atoms with Crippen molar-refractivity contribution >= 4 is 11.8 Å². The van der Waals surface area contributed by atoms with E-state index in [2.05, 4.69) is 60.4 Å². The van der Waals surface area contributed by atoms with Gasteiger partial charge in [0.1, 0.15) is 0 Å². The van der Waals surface area contributed by atoms with Gasteiger partial charge in [-0.15, -0.1) is 0 Å². The van der Waals surface area contributed by atoms with Crippen LogP contribution in [0, 0.1) is 12.3 Å². The number of aryl methyl sites for hydroxylation is 1. The minimum atomic E-state index is -0.629. The summed E-state index contributed by atoms with van der Waals surface area (Å²) in [7, 11) is 3.60. The van der Waals surface area contributed by atoms with Gasteiger partial charge in [0.15, 0.2) is 0 Å². The monoisotopic (exact) mass is 441 g/mol. The summed E-state index contributed by atoms with van der Waals surface area (Å²) in [4.78, 5) is 34.1. The second-order valence-corrected chi connectivity index (χ2v) is 9.29. The highest BCUT2D eigenvalue weighted by atomic mass is 16.2. The lowest BCUT2D eigenvalue weighted by Crippen LogP contribution is -2.54. The van der Waals surface area contributed by atoms with Gasteiger partial charge in [0.05, 0.1) is 5.41 Å². The van der Waals surface area contributed by atoms with Crippen molar-refractivity contribution in [1.82, 2.24) is 14.8 Å². The number of hydrogen-bond acceptors (Lipinski definition) is 3. The molecular formula is C28H31N3O2. The SMILES string of the molecule is Cc1ccc(-c2ccc(C[C@@]3(C(=O)N(C)C)CCCN(C(=O)c4ccncc4)C3)cc2)cc1. The van der Waals surface area contributed by atoms with Crippen molar-refractivity contribution in [3.8, 4) is 11.1 Å². The Hall–Kier alpha value is -3.47. The first-order valence-corrected chi connectivity index (χ1v) is 11.4. The molecule has 4 rings (SSSR count). The van der Waals surface area contributed by atoms with E-state index in [4.69, 9.17) is 0 Å². The molecule has 5 nitrogen and oxygen atoms in total. The minimum Gasteiger partial charge on any atom is -0.348 e. The minimum absolute atomic E-state index is 0.0391. The normalized spacial score (nSPS) is 18.1. The van der Waals surface area contributed by atoms with E-state index in [1.807, 2.05) is 4.90 Å². The fourth-order valence-electron chi connectivity index (χ4n) is 4.80. The van der Waals surface area contributed by atoms with Crippen molar-refractivity contribution < 1.29 is 9.59 Å². The quantitative estimate of drug-likeness (QED) is 0.581. The Morgan fingerprint density at radius 2 is 1.55 bits per heavy atom. The average molecular weight is 442 g/mol. The number of carbonyl (C=O) groups excluding carboxylic acids is 2. The molecule has 5 heteroatoms. The third kappa shape index (κ3) is 4.98. The Balaban J connectivity index is 1.58.